The van der Waals surface area contributed by atoms with Gasteiger partial charge in [-0.15, -0.1) is 11.6 Å². The Morgan fingerprint density at radius 1 is 1.64 bits per heavy atom. The minimum Gasteiger partial charge on any atom is -0.477 e. The second-order valence-corrected chi connectivity index (χ2v) is 2.78. The molecule has 0 saturated heterocycles. The summed E-state index contributed by atoms with van der Waals surface area (Å²) >= 11 is 5.40. The maximum Gasteiger partial charge on any atom is 0.354 e. The molecule has 0 spiro atoms. The highest BCUT2D eigenvalue weighted by Gasteiger charge is 2.15. The zero-order valence-electron chi connectivity index (χ0n) is 6.88. The molecule has 1 N–H and O–H groups in total. The molecule has 0 aliphatic rings. The molecule has 0 unspecified atom stereocenters. The van der Waals surface area contributed by atoms with Gasteiger partial charge in [0.1, 0.15) is 0 Å². The lowest BCUT2D eigenvalue weighted by Gasteiger charge is -2.04. The van der Waals surface area contributed by atoms with Crippen LogP contribution in [-0.2, 0) is 5.88 Å². The van der Waals surface area contributed by atoms with E-state index in [2.05, 4.69) is 4.98 Å². The SMILES string of the molecule is O=C(O)c1ncc(C(F)F)cc1CCl. The Kier molecular flexibility index (Phi) is 3.35. The predicted molar refractivity (Wildman–Crippen MR) is 45.7 cm³/mol. The van der Waals surface area contributed by atoms with Crippen LogP contribution in [0.1, 0.15) is 28.0 Å². The van der Waals surface area contributed by atoms with Crippen LogP contribution in [0, 0.1) is 0 Å². The van der Waals surface area contributed by atoms with Crippen LogP contribution in [0.2, 0.25) is 0 Å². The number of carbonyl (C=O) groups is 1. The minimum atomic E-state index is -2.67. The van der Waals surface area contributed by atoms with E-state index in [1.165, 1.54) is 0 Å². The summed E-state index contributed by atoms with van der Waals surface area (Å²) in [5, 5.41) is 8.62. The average Bonchev–Trinajstić information content (AvgIpc) is 2.16. The maximum absolute atomic E-state index is 12.2. The Morgan fingerprint density at radius 2 is 2.29 bits per heavy atom. The predicted octanol–water partition coefficient (Wildman–Crippen LogP) is 2.46. The molecule has 1 aromatic rings. The summed E-state index contributed by atoms with van der Waals surface area (Å²) in [6, 6.07) is 1.05. The second kappa shape index (κ2) is 4.32. The van der Waals surface area contributed by atoms with Gasteiger partial charge in [0.2, 0.25) is 0 Å². The van der Waals surface area contributed by atoms with Gasteiger partial charge in [-0.2, -0.15) is 0 Å². The largest absolute Gasteiger partial charge is 0.477 e. The maximum atomic E-state index is 12.2. The number of nitrogens with zero attached hydrogens (tertiary/aromatic N) is 1. The number of pyridine rings is 1. The Hall–Kier alpha value is -1.23. The minimum absolute atomic E-state index is 0.0944. The van der Waals surface area contributed by atoms with Crippen molar-refractivity contribution in [2.45, 2.75) is 12.3 Å². The van der Waals surface area contributed by atoms with Gasteiger partial charge in [0, 0.05) is 23.2 Å². The normalized spacial score (nSPS) is 10.6. The third-order valence-corrected chi connectivity index (χ3v) is 1.87. The van der Waals surface area contributed by atoms with E-state index in [1.807, 2.05) is 0 Å². The monoisotopic (exact) mass is 221 g/mol. The number of carboxylic acids is 1. The van der Waals surface area contributed by atoms with E-state index < -0.39 is 12.4 Å². The van der Waals surface area contributed by atoms with Crippen molar-refractivity contribution in [1.82, 2.24) is 4.98 Å². The summed E-state index contributed by atoms with van der Waals surface area (Å²) in [5.74, 6) is -1.43. The van der Waals surface area contributed by atoms with Crippen LogP contribution in [0.25, 0.3) is 0 Å². The van der Waals surface area contributed by atoms with Crippen molar-refractivity contribution in [2.24, 2.45) is 0 Å². The van der Waals surface area contributed by atoms with Gasteiger partial charge in [0.05, 0.1) is 0 Å². The molecule has 0 bridgehead atoms. The van der Waals surface area contributed by atoms with E-state index in [0.717, 1.165) is 12.3 Å². The molecule has 6 heteroatoms. The Labute approximate surface area is 83.3 Å². The molecular weight excluding hydrogens is 216 g/mol. The van der Waals surface area contributed by atoms with Gasteiger partial charge in [-0.1, -0.05) is 0 Å². The zero-order valence-corrected chi connectivity index (χ0v) is 7.63. The molecule has 14 heavy (non-hydrogen) atoms. The van der Waals surface area contributed by atoms with Crippen LogP contribution in [0.5, 0.6) is 0 Å². The van der Waals surface area contributed by atoms with E-state index >= 15 is 0 Å². The van der Waals surface area contributed by atoms with Crippen LogP contribution in [0.15, 0.2) is 12.3 Å². The first kappa shape index (κ1) is 10.8. The summed E-state index contributed by atoms with van der Waals surface area (Å²) in [5.41, 5.74) is -0.521. The van der Waals surface area contributed by atoms with Crippen molar-refractivity contribution in [3.8, 4) is 0 Å². The Morgan fingerprint density at radius 3 is 2.71 bits per heavy atom. The smallest absolute Gasteiger partial charge is 0.354 e. The van der Waals surface area contributed by atoms with Crippen LogP contribution in [0.3, 0.4) is 0 Å². The summed E-state index contributed by atoms with van der Waals surface area (Å²) in [7, 11) is 0. The molecular formula is C8H6ClF2NO2. The molecule has 0 fully saturated rings. The molecule has 1 heterocycles. The van der Waals surface area contributed by atoms with E-state index in [1.54, 1.807) is 0 Å². The quantitative estimate of drug-likeness (QED) is 0.798. The molecule has 0 amide bonds. The third kappa shape index (κ3) is 2.17. The number of carboxylic acid groups (broad SMARTS) is 1. The standard InChI is InChI=1S/C8H6ClF2NO2/c9-2-4-1-5(7(10)11)3-12-6(4)8(13)14/h1,3,7H,2H2,(H,13,14). The number of aromatic nitrogens is 1. The van der Waals surface area contributed by atoms with Crippen molar-refractivity contribution in [2.75, 3.05) is 0 Å². The van der Waals surface area contributed by atoms with Crippen molar-refractivity contribution in [1.29, 1.82) is 0 Å². The first-order chi connectivity index (χ1) is 6.56. The molecule has 1 aromatic heterocycles. The van der Waals surface area contributed by atoms with Crippen LogP contribution in [-0.4, -0.2) is 16.1 Å². The van der Waals surface area contributed by atoms with E-state index in [4.69, 9.17) is 16.7 Å². The van der Waals surface area contributed by atoms with Crippen molar-refractivity contribution in [3.05, 3.63) is 29.1 Å². The van der Waals surface area contributed by atoms with Crippen molar-refractivity contribution >= 4 is 17.6 Å². The number of hydrogen-bond acceptors (Lipinski definition) is 2. The average molecular weight is 222 g/mol. The molecule has 3 nitrogen and oxygen atoms in total. The van der Waals surface area contributed by atoms with Gasteiger partial charge in [-0.3, -0.25) is 0 Å². The van der Waals surface area contributed by atoms with Crippen LogP contribution in [0.4, 0.5) is 8.78 Å². The lowest BCUT2D eigenvalue weighted by Crippen LogP contribution is -2.05. The van der Waals surface area contributed by atoms with Gasteiger partial charge in [-0.25, -0.2) is 18.6 Å². The second-order valence-electron chi connectivity index (χ2n) is 2.52. The lowest BCUT2D eigenvalue weighted by atomic mass is 10.1. The Balaban J connectivity index is 3.18. The zero-order chi connectivity index (χ0) is 10.7. The van der Waals surface area contributed by atoms with Gasteiger partial charge < -0.3 is 5.11 Å². The number of hydrogen-bond donors (Lipinski definition) is 1. The molecule has 0 atom stereocenters. The van der Waals surface area contributed by atoms with E-state index in [-0.39, 0.29) is 22.7 Å². The van der Waals surface area contributed by atoms with E-state index in [9.17, 15) is 13.6 Å². The fourth-order valence-corrected chi connectivity index (χ4v) is 1.15. The number of alkyl halides is 3. The van der Waals surface area contributed by atoms with Crippen LogP contribution >= 0.6 is 11.6 Å². The molecule has 0 aliphatic carbocycles. The van der Waals surface area contributed by atoms with Gasteiger partial charge >= 0.3 is 5.97 Å². The fraction of sp³-hybridized carbons (Fsp3) is 0.250. The summed E-state index contributed by atoms with van der Waals surface area (Å²) in [4.78, 5) is 14.0. The highest BCUT2D eigenvalue weighted by molar-refractivity contribution is 6.17. The molecule has 0 radical (unpaired) electrons. The molecule has 76 valence electrons. The van der Waals surface area contributed by atoms with Crippen molar-refractivity contribution in [3.63, 3.8) is 0 Å². The lowest BCUT2D eigenvalue weighted by molar-refractivity contribution is 0.0688. The Bertz CT molecular complexity index is 357. The molecule has 0 aliphatic heterocycles. The highest BCUT2D eigenvalue weighted by atomic mass is 35.5. The number of rotatable bonds is 3. The number of aromatic carboxylic acids is 1. The summed E-state index contributed by atoms with van der Waals surface area (Å²) < 4.78 is 24.4. The highest BCUT2D eigenvalue weighted by Crippen LogP contribution is 2.21. The van der Waals surface area contributed by atoms with E-state index in [0.29, 0.717) is 0 Å². The van der Waals surface area contributed by atoms with Crippen molar-refractivity contribution < 1.29 is 18.7 Å². The third-order valence-electron chi connectivity index (χ3n) is 1.59. The first-order valence-corrected chi connectivity index (χ1v) is 4.16. The van der Waals surface area contributed by atoms with Gasteiger partial charge in [0.25, 0.3) is 6.43 Å². The fourth-order valence-electron chi connectivity index (χ4n) is 0.943. The van der Waals surface area contributed by atoms with Gasteiger partial charge in [0.15, 0.2) is 5.69 Å². The molecule has 0 aromatic carbocycles. The first-order valence-electron chi connectivity index (χ1n) is 3.62. The molecule has 1 rings (SSSR count). The van der Waals surface area contributed by atoms with Crippen LogP contribution < -0.4 is 0 Å². The summed E-state index contributed by atoms with van der Waals surface area (Å²) in [6.45, 7) is 0. The number of halogens is 3. The molecule has 0 saturated carbocycles. The van der Waals surface area contributed by atoms with Gasteiger partial charge in [-0.05, 0) is 6.07 Å². The topological polar surface area (TPSA) is 50.2 Å². The summed E-state index contributed by atoms with van der Waals surface area (Å²) in [6.07, 6.45) is -1.84.